The number of nitrogen functional groups attached to an aromatic ring is 2. The molecule has 0 radical (unpaired) electrons. The fraction of sp³-hybridized carbons (Fsp3) is 0.553. The van der Waals surface area contributed by atoms with Gasteiger partial charge in [0.25, 0.3) is 5.91 Å². The van der Waals surface area contributed by atoms with Crippen molar-refractivity contribution < 1.29 is 59.3 Å². The van der Waals surface area contributed by atoms with E-state index in [1.165, 1.54) is 27.8 Å². The predicted octanol–water partition coefficient (Wildman–Crippen LogP) is -0.870. The van der Waals surface area contributed by atoms with Gasteiger partial charge in [0.1, 0.15) is 31.0 Å². The Labute approximate surface area is 370 Å². The molecule has 63 heavy (non-hydrogen) atoms. The van der Waals surface area contributed by atoms with Crippen LogP contribution in [0.4, 0.5) is 22.2 Å². The largest absolute Gasteiger partial charge is 0.480 e. The van der Waals surface area contributed by atoms with Gasteiger partial charge in [0.15, 0.2) is 17.0 Å². The second-order valence-corrected chi connectivity index (χ2v) is 17.0. The minimum Gasteiger partial charge on any atom is -0.480 e. The lowest BCUT2D eigenvalue weighted by atomic mass is 10.0. The fourth-order valence-corrected chi connectivity index (χ4v) is 7.60. The Hall–Kier alpha value is -5.31. The van der Waals surface area contributed by atoms with E-state index in [1.54, 1.807) is 31.2 Å². The van der Waals surface area contributed by atoms with Crippen LogP contribution in [0.25, 0.3) is 11.2 Å². The molecule has 15 N–H and O–H groups in total. The minimum absolute atomic E-state index is 0.00243. The number of aromatic nitrogens is 4. The maximum absolute atomic E-state index is 12.8. The van der Waals surface area contributed by atoms with Crippen LogP contribution >= 0.6 is 21.6 Å². The van der Waals surface area contributed by atoms with Gasteiger partial charge in [-0.25, -0.2) is 19.6 Å². The van der Waals surface area contributed by atoms with Crippen LogP contribution in [-0.4, -0.2) is 155 Å². The van der Waals surface area contributed by atoms with Crippen LogP contribution in [0.15, 0.2) is 30.5 Å². The standard InChI is InChI=1S/C38H57N11O12S2/c1-20(6-11-28(53)43-17-26(51)30(54)31(55)27(52)18-50)34(56)45-21(2)19-63-62-14-13-61-38(60)41-12-4-3-5-25(36(58)59)47-35(57)22-7-9-23(10-8-22)42-15-24-16-44-33-29(46-24)32(39)48-37(40)49-33/h7-10,16,20-21,25-27,30-31,42,50-52,54-55H,3-6,11-15,17-19H2,1-2H3,(H,41,60)(H,43,53)(H,45,56)(H,47,57)(H,58,59)(H4,39,40,44,48,49)/t20-,21+,25-,26-,27+,30+,31+/m0/s1. The van der Waals surface area contributed by atoms with Crippen molar-refractivity contribution in [3.05, 3.63) is 41.7 Å². The van der Waals surface area contributed by atoms with Gasteiger partial charge in [0, 0.05) is 54.2 Å². The second kappa shape index (κ2) is 27.0. The summed E-state index contributed by atoms with van der Waals surface area (Å²) in [6.07, 6.45) is -4.76. The molecule has 0 aliphatic carbocycles. The van der Waals surface area contributed by atoms with E-state index in [-0.39, 0.29) is 73.9 Å². The number of carboxylic acid groups (broad SMARTS) is 1. The van der Waals surface area contributed by atoms with Crippen molar-refractivity contribution in [3.8, 4) is 0 Å². The first kappa shape index (κ1) is 52.0. The minimum atomic E-state index is -1.80. The molecule has 0 spiro atoms. The fourth-order valence-electron chi connectivity index (χ4n) is 5.49. The first-order valence-corrected chi connectivity index (χ1v) is 22.4. The number of ether oxygens (including phenoxy) is 1. The topological polar surface area (TPSA) is 380 Å². The highest BCUT2D eigenvalue weighted by Crippen LogP contribution is 2.22. The summed E-state index contributed by atoms with van der Waals surface area (Å²) in [6.45, 7) is 2.93. The number of fused-ring (bicyclic) bond motifs is 1. The lowest BCUT2D eigenvalue weighted by molar-refractivity contribution is -0.139. The number of hydrogen-bond acceptors (Lipinski definition) is 20. The number of benzene rings is 1. The van der Waals surface area contributed by atoms with Gasteiger partial charge in [-0.1, -0.05) is 28.5 Å². The summed E-state index contributed by atoms with van der Waals surface area (Å²) in [5, 5.41) is 70.9. The summed E-state index contributed by atoms with van der Waals surface area (Å²) in [5.74, 6) is -1.82. The number of aliphatic hydroxyl groups excluding tert-OH is 5. The van der Waals surface area contributed by atoms with Crippen molar-refractivity contribution in [2.75, 3.05) is 54.6 Å². The Bertz CT molecular complexity index is 1960. The van der Waals surface area contributed by atoms with Gasteiger partial charge in [-0.2, -0.15) is 9.97 Å². The van der Waals surface area contributed by atoms with Crippen LogP contribution in [0.3, 0.4) is 0 Å². The van der Waals surface area contributed by atoms with E-state index in [1.807, 2.05) is 6.92 Å². The van der Waals surface area contributed by atoms with Crippen LogP contribution in [-0.2, 0) is 25.7 Å². The van der Waals surface area contributed by atoms with E-state index in [4.69, 9.17) is 21.3 Å². The number of rotatable bonds is 28. The molecule has 2 heterocycles. The van der Waals surface area contributed by atoms with Crippen molar-refractivity contribution in [1.82, 2.24) is 41.2 Å². The molecule has 0 saturated carbocycles. The third-order valence-electron chi connectivity index (χ3n) is 9.19. The lowest BCUT2D eigenvalue weighted by Gasteiger charge is -2.25. The average Bonchev–Trinajstić information content (AvgIpc) is 3.26. The smallest absolute Gasteiger partial charge is 0.407 e. The molecule has 2 aromatic heterocycles. The summed E-state index contributed by atoms with van der Waals surface area (Å²) >= 11 is 0. The molecule has 3 rings (SSSR count). The van der Waals surface area contributed by atoms with E-state index in [2.05, 4.69) is 46.5 Å². The molecular formula is C38H57N11O12S2. The van der Waals surface area contributed by atoms with Gasteiger partial charge in [0.05, 0.1) is 31.1 Å². The monoisotopic (exact) mass is 923 g/mol. The second-order valence-electron chi connectivity index (χ2n) is 14.4. The third-order valence-corrected chi connectivity index (χ3v) is 11.7. The number of carboxylic acids is 1. The molecule has 25 heteroatoms. The van der Waals surface area contributed by atoms with Gasteiger partial charge in [-0.05, 0) is 56.9 Å². The average molecular weight is 924 g/mol. The maximum Gasteiger partial charge on any atom is 0.407 e. The van der Waals surface area contributed by atoms with E-state index in [0.717, 1.165) is 0 Å². The highest BCUT2D eigenvalue weighted by Gasteiger charge is 2.30. The van der Waals surface area contributed by atoms with Gasteiger partial charge in [-0.15, -0.1) is 0 Å². The highest BCUT2D eigenvalue weighted by molar-refractivity contribution is 8.76. The van der Waals surface area contributed by atoms with Crippen molar-refractivity contribution in [3.63, 3.8) is 0 Å². The number of unbranched alkanes of at least 4 members (excludes halogenated alkanes) is 1. The Morgan fingerprint density at radius 2 is 1.59 bits per heavy atom. The zero-order chi connectivity index (χ0) is 46.5. The van der Waals surface area contributed by atoms with Crippen LogP contribution in [0, 0.1) is 5.92 Å². The predicted molar refractivity (Wildman–Crippen MR) is 235 cm³/mol. The number of carbonyl (C=O) groups excluding carboxylic acids is 4. The molecule has 0 aliphatic rings. The summed E-state index contributed by atoms with van der Waals surface area (Å²) in [4.78, 5) is 78.0. The van der Waals surface area contributed by atoms with Gasteiger partial charge in [0.2, 0.25) is 17.8 Å². The normalized spacial score (nSPS) is 14.6. The number of aliphatic hydroxyl groups is 5. The number of aliphatic carboxylic acids is 1. The van der Waals surface area contributed by atoms with Gasteiger partial charge >= 0.3 is 12.1 Å². The Balaban J connectivity index is 1.22. The first-order valence-electron chi connectivity index (χ1n) is 20.0. The number of anilines is 3. The van der Waals surface area contributed by atoms with Gasteiger partial charge in [-0.3, -0.25) is 14.4 Å². The molecule has 0 unspecified atom stereocenters. The Morgan fingerprint density at radius 1 is 0.873 bits per heavy atom. The summed E-state index contributed by atoms with van der Waals surface area (Å²) in [6, 6.07) is 5.12. The van der Waals surface area contributed by atoms with Crippen molar-refractivity contribution >= 4 is 80.0 Å². The quantitative estimate of drug-likeness (QED) is 0.0311. The number of nitrogens with one attached hydrogen (secondary N) is 5. The van der Waals surface area contributed by atoms with E-state index >= 15 is 0 Å². The molecule has 4 amide bonds. The molecule has 348 valence electrons. The number of carbonyl (C=O) groups is 5. The molecule has 0 aliphatic heterocycles. The number of nitrogens with two attached hydrogens (primary N) is 2. The van der Waals surface area contributed by atoms with Crippen molar-refractivity contribution in [2.45, 2.75) is 89.0 Å². The Kier molecular flexibility index (Phi) is 22.3. The summed E-state index contributed by atoms with van der Waals surface area (Å²) < 4.78 is 5.18. The zero-order valence-electron chi connectivity index (χ0n) is 34.8. The molecule has 7 atom stereocenters. The number of hydrogen-bond donors (Lipinski definition) is 13. The summed E-state index contributed by atoms with van der Waals surface area (Å²) in [5.41, 5.74) is 13.6. The van der Waals surface area contributed by atoms with Crippen LogP contribution < -0.4 is 38.1 Å². The number of amides is 4. The highest BCUT2D eigenvalue weighted by atomic mass is 33.1. The Morgan fingerprint density at radius 3 is 2.29 bits per heavy atom. The first-order chi connectivity index (χ1) is 30.0. The molecule has 0 bridgehead atoms. The maximum atomic E-state index is 12.8. The van der Waals surface area contributed by atoms with Crippen molar-refractivity contribution in [1.29, 1.82) is 0 Å². The molecule has 1 aromatic carbocycles. The van der Waals surface area contributed by atoms with E-state index < -0.39 is 73.4 Å². The molecule has 0 fully saturated rings. The molecule has 23 nitrogen and oxygen atoms in total. The van der Waals surface area contributed by atoms with E-state index in [9.17, 15) is 49.5 Å². The van der Waals surface area contributed by atoms with Crippen LogP contribution in [0.2, 0.25) is 0 Å². The molecule has 0 saturated heterocycles. The molecule has 3 aromatic rings. The SMILES string of the molecule is C[C@H](CSSCCOC(=O)NCCCC[C@H](NC(=O)c1ccc(NCc2cnc3nc(N)nc(N)c3n2)cc1)C(=O)O)NC(=O)[C@@H](C)CCC(=O)NC[C@H](O)[C@@H](O)[C@H](O)[C@H](O)CO. The third kappa shape index (κ3) is 18.5. The lowest BCUT2D eigenvalue weighted by Crippen LogP contribution is -2.49. The molecular weight excluding hydrogens is 867 g/mol. The van der Waals surface area contributed by atoms with E-state index in [0.29, 0.717) is 41.2 Å². The number of nitrogens with zero attached hydrogens (tertiary/aromatic N) is 4. The van der Waals surface area contributed by atoms with Crippen molar-refractivity contribution in [2.24, 2.45) is 5.92 Å². The summed E-state index contributed by atoms with van der Waals surface area (Å²) in [7, 11) is 2.93. The zero-order valence-corrected chi connectivity index (χ0v) is 36.4. The van der Waals surface area contributed by atoms with Crippen LogP contribution in [0.1, 0.15) is 62.0 Å². The van der Waals surface area contributed by atoms with Crippen LogP contribution in [0.5, 0.6) is 0 Å². The number of alkyl carbamates (subject to hydrolysis) is 1. The van der Waals surface area contributed by atoms with Gasteiger partial charge < -0.3 is 73.4 Å².